The van der Waals surface area contributed by atoms with Gasteiger partial charge >= 0.3 is 18.1 Å². The summed E-state index contributed by atoms with van der Waals surface area (Å²) in [5.41, 5.74) is 1.01. The van der Waals surface area contributed by atoms with Crippen molar-refractivity contribution in [2.24, 2.45) is 5.92 Å². The molecular formula is C34H39ClF3N5O4S. The fourth-order valence-electron chi connectivity index (χ4n) is 5.69. The Morgan fingerprint density at radius 1 is 1.06 bits per heavy atom. The van der Waals surface area contributed by atoms with E-state index in [9.17, 15) is 27.6 Å². The molecule has 1 aromatic carbocycles. The second kappa shape index (κ2) is 14.7. The highest BCUT2D eigenvalue weighted by Crippen LogP contribution is 2.39. The number of alkyl halides is 3. The maximum atomic E-state index is 13.3. The van der Waals surface area contributed by atoms with Crippen LogP contribution in [0.4, 0.5) is 19.0 Å². The van der Waals surface area contributed by atoms with Crippen LogP contribution in [0.2, 0.25) is 5.15 Å². The van der Waals surface area contributed by atoms with Crippen molar-refractivity contribution in [1.29, 1.82) is 0 Å². The summed E-state index contributed by atoms with van der Waals surface area (Å²) in [4.78, 5) is 47.0. The number of hydrogen-bond acceptors (Lipinski definition) is 8. The first-order valence-corrected chi connectivity index (χ1v) is 16.5. The molecule has 1 saturated heterocycles. The number of methoxy groups -OCH3 is 1. The van der Waals surface area contributed by atoms with Crippen LogP contribution in [-0.4, -0.2) is 58.0 Å². The van der Waals surface area contributed by atoms with Gasteiger partial charge in [0.1, 0.15) is 16.0 Å². The van der Waals surface area contributed by atoms with Crippen LogP contribution in [0, 0.1) is 5.92 Å². The number of anilines is 1. The molecule has 2 unspecified atom stereocenters. The molecule has 2 amide bonds. The van der Waals surface area contributed by atoms with Gasteiger partial charge in [-0.1, -0.05) is 50.6 Å². The molecule has 258 valence electrons. The number of nitrogens with one attached hydrogen (secondary N) is 2. The van der Waals surface area contributed by atoms with Gasteiger partial charge in [-0.15, -0.1) is 0 Å². The van der Waals surface area contributed by atoms with Crippen LogP contribution in [0.5, 0.6) is 0 Å². The lowest BCUT2D eigenvalue weighted by Crippen LogP contribution is -2.48. The zero-order valence-electron chi connectivity index (χ0n) is 27.6. The third-order valence-electron chi connectivity index (χ3n) is 8.20. The fourth-order valence-corrected chi connectivity index (χ4v) is 6.53. The molecule has 9 nitrogen and oxygen atoms in total. The molecule has 0 aliphatic carbocycles. The number of nitrogens with zero attached hydrogens (tertiary/aromatic N) is 3. The molecule has 2 aromatic heterocycles. The predicted molar refractivity (Wildman–Crippen MR) is 179 cm³/mol. The Morgan fingerprint density at radius 2 is 1.75 bits per heavy atom. The number of pyridine rings is 2. The van der Waals surface area contributed by atoms with Crippen molar-refractivity contribution in [2.75, 3.05) is 19.0 Å². The lowest BCUT2D eigenvalue weighted by molar-refractivity contribution is -0.188. The first kappa shape index (κ1) is 37.0. The number of carbonyl (C=O) groups excluding carboxylic acids is 3. The number of ether oxygens (including phenoxy) is 1. The van der Waals surface area contributed by atoms with Crippen molar-refractivity contribution >= 4 is 47.2 Å². The zero-order chi connectivity index (χ0) is 35.4. The molecule has 0 bridgehead atoms. The molecule has 48 heavy (non-hydrogen) atoms. The minimum atomic E-state index is -4.94. The summed E-state index contributed by atoms with van der Waals surface area (Å²) >= 11 is 7.33. The van der Waals surface area contributed by atoms with Gasteiger partial charge in [-0.05, 0) is 81.0 Å². The van der Waals surface area contributed by atoms with Crippen LogP contribution in [0.3, 0.4) is 0 Å². The van der Waals surface area contributed by atoms with E-state index in [0.29, 0.717) is 35.7 Å². The Labute approximate surface area is 287 Å². The Morgan fingerprint density at radius 3 is 2.35 bits per heavy atom. The predicted octanol–water partition coefficient (Wildman–Crippen LogP) is 7.77. The van der Waals surface area contributed by atoms with Crippen LogP contribution >= 0.6 is 23.5 Å². The van der Waals surface area contributed by atoms with Crippen molar-refractivity contribution in [3.8, 4) is 0 Å². The molecule has 4 rings (SSSR count). The van der Waals surface area contributed by atoms with Gasteiger partial charge in [0.15, 0.2) is 0 Å². The summed E-state index contributed by atoms with van der Waals surface area (Å²) in [6.07, 6.45) is -3.50. The molecular weight excluding hydrogens is 667 g/mol. The average Bonchev–Trinajstić information content (AvgIpc) is 3.33. The van der Waals surface area contributed by atoms with Crippen molar-refractivity contribution in [3.05, 3.63) is 82.1 Å². The highest BCUT2D eigenvalue weighted by molar-refractivity contribution is 7.97. The summed E-state index contributed by atoms with van der Waals surface area (Å²) in [6, 6.07) is 15.2. The molecule has 1 fully saturated rings. The van der Waals surface area contributed by atoms with E-state index in [1.807, 2.05) is 20.8 Å². The monoisotopic (exact) mass is 705 g/mol. The van der Waals surface area contributed by atoms with Crippen molar-refractivity contribution in [3.63, 3.8) is 0 Å². The smallest absolute Gasteiger partial charge is 0.465 e. The second-order valence-electron chi connectivity index (χ2n) is 13.4. The number of likely N-dealkylation sites (tertiary alicyclic amines) is 1. The largest absolute Gasteiger partial charge is 0.471 e. The number of amides is 2. The number of carbonyl (C=O) groups is 3. The van der Waals surface area contributed by atoms with E-state index in [2.05, 4.69) is 20.0 Å². The van der Waals surface area contributed by atoms with E-state index in [1.165, 1.54) is 7.11 Å². The van der Waals surface area contributed by atoms with Crippen molar-refractivity contribution in [2.45, 2.75) is 82.1 Å². The summed E-state index contributed by atoms with van der Waals surface area (Å²) in [6.45, 7) is 9.30. The van der Waals surface area contributed by atoms with E-state index in [4.69, 9.17) is 16.3 Å². The first-order chi connectivity index (χ1) is 22.4. The maximum absolute atomic E-state index is 13.3. The lowest BCUT2D eigenvalue weighted by atomic mass is 9.90. The van der Waals surface area contributed by atoms with Gasteiger partial charge in [0.25, 0.3) is 5.91 Å². The minimum Gasteiger partial charge on any atom is -0.465 e. The molecule has 0 saturated carbocycles. The molecule has 1 aliphatic heterocycles. The summed E-state index contributed by atoms with van der Waals surface area (Å²) in [5, 5.41) is 3.99. The normalized spacial score (nSPS) is 16.7. The van der Waals surface area contributed by atoms with Crippen LogP contribution in [0.25, 0.3) is 0 Å². The third kappa shape index (κ3) is 9.19. The van der Waals surface area contributed by atoms with Crippen LogP contribution in [0.1, 0.15) is 91.9 Å². The molecule has 2 atom stereocenters. The Kier molecular flexibility index (Phi) is 11.4. The molecule has 14 heteroatoms. The van der Waals surface area contributed by atoms with Gasteiger partial charge in [0, 0.05) is 35.1 Å². The molecule has 3 heterocycles. The van der Waals surface area contributed by atoms with Gasteiger partial charge in [-0.3, -0.25) is 14.3 Å². The van der Waals surface area contributed by atoms with Gasteiger partial charge in [-0.25, -0.2) is 14.8 Å². The molecule has 1 aliphatic rings. The standard InChI is InChI=1S/C34H39ClF3N5O4S/c1-32(2,3)25-17-15-23(28(35)40-25)29(44)42-48-27-9-7-8-26(41-27)39-24(21-11-13-22(14-12-21)30(45)47-6)16-10-20-18-33(4,5)43(19-20)31(46)34(36,37)38/h7-9,11-15,17,20,24H,10,16,18-19H2,1-6H3,(H,39,41)(H,42,44). The number of benzene rings is 1. The van der Waals surface area contributed by atoms with E-state index in [1.54, 1.807) is 68.4 Å². The summed E-state index contributed by atoms with van der Waals surface area (Å²) < 4.78 is 47.4. The van der Waals surface area contributed by atoms with Gasteiger partial charge < -0.3 is 15.0 Å². The molecule has 0 spiro atoms. The maximum Gasteiger partial charge on any atom is 0.471 e. The number of aromatic nitrogens is 2. The van der Waals surface area contributed by atoms with E-state index >= 15 is 0 Å². The average molecular weight is 706 g/mol. The van der Waals surface area contributed by atoms with E-state index < -0.39 is 29.5 Å². The van der Waals surface area contributed by atoms with E-state index in [-0.39, 0.29) is 34.6 Å². The summed E-state index contributed by atoms with van der Waals surface area (Å²) in [7, 11) is 1.30. The third-order valence-corrected chi connectivity index (χ3v) is 9.21. The molecule has 3 aromatic rings. The van der Waals surface area contributed by atoms with Crippen LogP contribution < -0.4 is 10.0 Å². The van der Waals surface area contributed by atoms with Crippen molar-refractivity contribution < 1.29 is 32.3 Å². The first-order valence-electron chi connectivity index (χ1n) is 15.3. The molecule has 2 N–H and O–H groups in total. The number of hydrogen-bond donors (Lipinski definition) is 2. The Bertz CT molecular complexity index is 1650. The quantitative estimate of drug-likeness (QED) is 0.125. The van der Waals surface area contributed by atoms with Gasteiger partial charge in [-0.2, -0.15) is 13.2 Å². The van der Waals surface area contributed by atoms with E-state index in [0.717, 1.165) is 28.1 Å². The summed E-state index contributed by atoms with van der Waals surface area (Å²) in [5.74, 6) is -2.40. The van der Waals surface area contributed by atoms with Crippen molar-refractivity contribution in [1.82, 2.24) is 19.6 Å². The number of rotatable bonds is 10. The number of halogens is 4. The fraction of sp³-hybridized carbons (Fsp3) is 0.441. The highest BCUT2D eigenvalue weighted by atomic mass is 35.5. The van der Waals surface area contributed by atoms with Gasteiger partial charge in [0.2, 0.25) is 0 Å². The van der Waals surface area contributed by atoms with Crippen LogP contribution in [0.15, 0.2) is 59.6 Å². The minimum absolute atomic E-state index is 0.00187. The van der Waals surface area contributed by atoms with Gasteiger partial charge in [0.05, 0.1) is 24.3 Å². The Hall–Kier alpha value is -3.84. The lowest BCUT2D eigenvalue weighted by Gasteiger charge is -2.31. The second-order valence-corrected chi connectivity index (χ2v) is 14.5. The SMILES string of the molecule is COC(=O)c1ccc(C(CCC2CN(C(=O)C(F)(F)F)C(C)(C)C2)Nc2cccc(SNC(=O)c3ccc(C(C)(C)C)nc3Cl)n2)cc1. The Balaban J connectivity index is 1.48. The highest BCUT2D eigenvalue weighted by Gasteiger charge is 2.50. The van der Waals surface area contributed by atoms with Crippen LogP contribution in [-0.2, 0) is 14.9 Å². The topological polar surface area (TPSA) is 114 Å². The molecule has 0 radical (unpaired) electrons. The number of esters is 1. The zero-order valence-corrected chi connectivity index (χ0v) is 29.1.